The van der Waals surface area contributed by atoms with Gasteiger partial charge in [0.05, 0.1) is 12.3 Å². The molecule has 1 aromatic rings. The third kappa shape index (κ3) is 4.22. The van der Waals surface area contributed by atoms with E-state index in [2.05, 4.69) is 0 Å². The first-order valence-corrected chi connectivity index (χ1v) is 7.84. The van der Waals surface area contributed by atoms with Crippen molar-refractivity contribution in [2.45, 2.75) is 6.92 Å². The number of nitrogens with zero attached hydrogens (tertiary/aromatic N) is 2. The van der Waals surface area contributed by atoms with Crippen molar-refractivity contribution in [1.82, 2.24) is 4.90 Å². The molecule has 6 nitrogen and oxygen atoms in total. The van der Waals surface area contributed by atoms with Gasteiger partial charge in [-0.2, -0.15) is 0 Å². The van der Waals surface area contributed by atoms with Gasteiger partial charge in [0.2, 0.25) is 0 Å². The summed E-state index contributed by atoms with van der Waals surface area (Å²) >= 11 is 0. The average Bonchev–Trinajstić information content (AvgIpc) is 2.44. The minimum Gasteiger partial charge on any atom is -0.462 e. The van der Waals surface area contributed by atoms with Gasteiger partial charge in [-0.3, -0.25) is 4.31 Å². The number of benzene rings is 1. The van der Waals surface area contributed by atoms with Gasteiger partial charge in [-0.1, -0.05) is 18.2 Å². The largest absolute Gasteiger partial charge is 0.462 e. The lowest BCUT2D eigenvalue weighted by molar-refractivity contribution is -0.137. The Bertz CT molecular complexity index is 609. The summed E-state index contributed by atoms with van der Waals surface area (Å²) in [5.74, 6) is -0.867. The highest BCUT2D eigenvalue weighted by molar-refractivity contribution is 7.97. The van der Waals surface area contributed by atoms with E-state index in [4.69, 9.17) is 4.74 Å². The number of hydrogen-bond donors (Lipinski definition) is 0. The highest BCUT2D eigenvalue weighted by atomic mass is 32.2. The summed E-state index contributed by atoms with van der Waals surface area (Å²) in [5.41, 5.74) is 0.464. The summed E-state index contributed by atoms with van der Waals surface area (Å²) < 4.78 is 31.1. The number of sulfonamides is 1. The van der Waals surface area contributed by atoms with Crippen LogP contribution in [0.15, 0.2) is 41.4 Å². The van der Waals surface area contributed by atoms with Gasteiger partial charge in [-0.15, -0.1) is 0 Å². The number of para-hydroxylation sites is 1. The molecule has 21 heavy (non-hydrogen) atoms. The van der Waals surface area contributed by atoms with Crippen LogP contribution in [0.3, 0.4) is 0 Å². The van der Waals surface area contributed by atoms with Crippen LogP contribution in [0.4, 0.5) is 5.69 Å². The van der Waals surface area contributed by atoms with Crippen molar-refractivity contribution in [3.63, 3.8) is 0 Å². The minimum atomic E-state index is -3.99. The summed E-state index contributed by atoms with van der Waals surface area (Å²) in [6, 6.07) is 8.53. The van der Waals surface area contributed by atoms with E-state index >= 15 is 0 Å². The first-order valence-electron chi connectivity index (χ1n) is 6.40. The molecule has 0 N–H and O–H groups in total. The molecule has 0 aliphatic heterocycles. The molecule has 1 rings (SSSR count). The predicted octanol–water partition coefficient (Wildman–Crippen LogP) is 1.42. The van der Waals surface area contributed by atoms with E-state index < -0.39 is 20.9 Å². The summed E-state index contributed by atoms with van der Waals surface area (Å²) in [6.45, 7) is 1.73. The van der Waals surface area contributed by atoms with E-state index in [0.29, 0.717) is 5.69 Å². The molecule has 0 unspecified atom stereocenters. The second kappa shape index (κ2) is 7.12. The van der Waals surface area contributed by atoms with Crippen LogP contribution in [0.2, 0.25) is 0 Å². The van der Waals surface area contributed by atoms with Gasteiger partial charge in [0.15, 0.2) is 4.91 Å². The lowest BCUT2D eigenvalue weighted by Gasteiger charge is -2.21. The van der Waals surface area contributed by atoms with Crippen LogP contribution in [0.1, 0.15) is 6.92 Å². The molecule has 0 atom stereocenters. The standard InChI is InChI=1S/C14H20N2O4S/c1-5-20-14(17)13(11-15(2)3)21(18,19)16(4)12-9-7-6-8-10-12/h6-11H,5H2,1-4H3/b13-11-. The average molecular weight is 312 g/mol. The van der Waals surface area contributed by atoms with Crippen LogP contribution >= 0.6 is 0 Å². The number of carbonyl (C=O) groups excluding carboxylic acids is 1. The van der Waals surface area contributed by atoms with Crippen LogP contribution in [-0.4, -0.2) is 47.0 Å². The van der Waals surface area contributed by atoms with E-state index in [1.165, 1.54) is 18.1 Å². The van der Waals surface area contributed by atoms with E-state index in [1.807, 2.05) is 0 Å². The van der Waals surface area contributed by atoms with E-state index in [9.17, 15) is 13.2 Å². The van der Waals surface area contributed by atoms with Crippen LogP contribution in [-0.2, 0) is 19.6 Å². The van der Waals surface area contributed by atoms with Crippen molar-refractivity contribution in [3.05, 3.63) is 41.4 Å². The van der Waals surface area contributed by atoms with Crippen LogP contribution < -0.4 is 4.31 Å². The van der Waals surface area contributed by atoms with Crippen molar-refractivity contribution >= 4 is 21.7 Å². The molecule has 0 radical (unpaired) electrons. The van der Waals surface area contributed by atoms with Gasteiger partial charge in [-0.05, 0) is 19.1 Å². The topological polar surface area (TPSA) is 66.9 Å². The summed E-state index contributed by atoms with van der Waals surface area (Å²) in [5, 5.41) is 0. The fourth-order valence-corrected chi connectivity index (χ4v) is 2.89. The number of ether oxygens (including phenoxy) is 1. The molecule has 1 aromatic carbocycles. The Balaban J connectivity index is 3.25. The Morgan fingerprint density at radius 2 is 1.76 bits per heavy atom. The Kier molecular flexibility index (Phi) is 5.78. The fraction of sp³-hybridized carbons (Fsp3) is 0.357. The molecule has 0 aliphatic rings. The second-order valence-corrected chi connectivity index (χ2v) is 6.42. The molecular formula is C14H20N2O4S. The Hall–Kier alpha value is -2.02. The molecule has 0 aromatic heterocycles. The van der Waals surface area contributed by atoms with Crippen molar-refractivity contribution in [3.8, 4) is 0 Å². The van der Waals surface area contributed by atoms with Crippen molar-refractivity contribution < 1.29 is 17.9 Å². The van der Waals surface area contributed by atoms with Crippen molar-refractivity contribution in [2.75, 3.05) is 32.1 Å². The molecule has 0 fully saturated rings. The third-order valence-corrected chi connectivity index (χ3v) is 4.37. The van der Waals surface area contributed by atoms with Gasteiger partial charge in [0, 0.05) is 27.3 Å². The Labute approximate surface area is 125 Å². The molecule has 0 heterocycles. The number of rotatable bonds is 6. The van der Waals surface area contributed by atoms with Crippen LogP contribution in [0.5, 0.6) is 0 Å². The molecular weight excluding hydrogens is 292 g/mol. The Morgan fingerprint density at radius 3 is 2.24 bits per heavy atom. The highest BCUT2D eigenvalue weighted by Crippen LogP contribution is 2.21. The van der Waals surface area contributed by atoms with Crippen molar-refractivity contribution in [2.24, 2.45) is 0 Å². The van der Waals surface area contributed by atoms with E-state index in [0.717, 1.165) is 4.31 Å². The van der Waals surface area contributed by atoms with Crippen molar-refractivity contribution in [1.29, 1.82) is 0 Å². The van der Waals surface area contributed by atoms with Gasteiger partial charge < -0.3 is 9.64 Å². The third-order valence-electron chi connectivity index (χ3n) is 2.61. The monoisotopic (exact) mass is 312 g/mol. The van der Waals surface area contributed by atoms with E-state index in [-0.39, 0.29) is 6.61 Å². The normalized spacial score (nSPS) is 11.9. The van der Waals surface area contributed by atoms with Crippen LogP contribution in [0.25, 0.3) is 0 Å². The van der Waals surface area contributed by atoms with E-state index in [1.54, 1.807) is 51.4 Å². The maximum Gasteiger partial charge on any atom is 0.353 e. The lowest BCUT2D eigenvalue weighted by Crippen LogP contribution is -2.32. The molecule has 0 bridgehead atoms. The molecule has 0 saturated carbocycles. The van der Waals surface area contributed by atoms with Gasteiger partial charge in [0.1, 0.15) is 0 Å². The minimum absolute atomic E-state index is 0.105. The van der Waals surface area contributed by atoms with Gasteiger partial charge in [-0.25, -0.2) is 13.2 Å². The quantitative estimate of drug-likeness (QED) is 0.587. The Morgan fingerprint density at radius 1 is 1.19 bits per heavy atom. The lowest BCUT2D eigenvalue weighted by atomic mass is 10.3. The fourth-order valence-electron chi connectivity index (χ4n) is 1.59. The van der Waals surface area contributed by atoms with Crippen LogP contribution in [0, 0.1) is 0 Å². The molecule has 0 spiro atoms. The molecule has 0 aliphatic carbocycles. The van der Waals surface area contributed by atoms with Gasteiger partial charge in [0.25, 0.3) is 10.0 Å². The molecule has 0 amide bonds. The summed E-state index contributed by atoms with van der Waals surface area (Å²) in [7, 11) is 0.676. The molecule has 0 saturated heterocycles. The SMILES string of the molecule is CCOC(=O)/C(=C/N(C)C)S(=O)(=O)N(C)c1ccccc1. The maximum absolute atomic E-state index is 12.6. The summed E-state index contributed by atoms with van der Waals surface area (Å²) in [6.07, 6.45) is 1.24. The number of carbonyl (C=O) groups is 1. The number of hydrogen-bond acceptors (Lipinski definition) is 5. The maximum atomic E-state index is 12.6. The zero-order valence-corrected chi connectivity index (χ0v) is 13.4. The second-order valence-electron chi connectivity index (χ2n) is 4.49. The number of esters is 1. The smallest absolute Gasteiger partial charge is 0.353 e. The predicted molar refractivity (Wildman–Crippen MR) is 82.2 cm³/mol. The highest BCUT2D eigenvalue weighted by Gasteiger charge is 2.31. The molecule has 7 heteroatoms. The molecule has 116 valence electrons. The zero-order valence-electron chi connectivity index (χ0n) is 12.6. The summed E-state index contributed by atoms with van der Waals surface area (Å²) in [4.78, 5) is 13.0. The van der Waals surface area contributed by atoms with Gasteiger partial charge >= 0.3 is 5.97 Å². The first kappa shape index (κ1) is 17.0. The zero-order chi connectivity index (χ0) is 16.0. The first-order chi connectivity index (χ1) is 9.80. The number of anilines is 1.